The van der Waals surface area contributed by atoms with Crippen LogP contribution >= 0.6 is 0 Å². The van der Waals surface area contributed by atoms with E-state index in [9.17, 15) is 0 Å². The van der Waals surface area contributed by atoms with Gasteiger partial charge in [0.2, 0.25) is 0 Å². The van der Waals surface area contributed by atoms with E-state index < -0.39 is 0 Å². The van der Waals surface area contributed by atoms with E-state index in [1.54, 1.807) is 0 Å². The minimum atomic E-state index is 0.214. The summed E-state index contributed by atoms with van der Waals surface area (Å²) in [6.07, 6.45) is 7.22. The average Bonchev–Trinajstić information content (AvgIpc) is 2.59. The maximum atomic E-state index is 6.33. The summed E-state index contributed by atoms with van der Waals surface area (Å²) in [4.78, 5) is 0. The zero-order valence-electron chi connectivity index (χ0n) is 9.65. The summed E-state index contributed by atoms with van der Waals surface area (Å²) in [5, 5.41) is 0. The molecular formula is C12H24O. The largest absolute Gasteiger partial charge is 0.369 e. The summed E-state index contributed by atoms with van der Waals surface area (Å²) in [7, 11) is 0. The summed E-state index contributed by atoms with van der Waals surface area (Å²) in [5.74, 6) is 0. The molecule has 1 rings (SSSR count). The van der Waals surface area contributed by atoms with E-state index >= 15 is 0 Å². The van der Waals surface area contributed by atoms with E-state index in [-0.39, 0.29) is 11.2 Å². The van der Waals surface area contributed by atoms with Crippen molar-refractivity contribution < 1.29 is 4.74 Å². The Balaban J connectivity index is 2.69. The van der Waals surface area contributed by atoms with Gasteiger partial charge in [-0.25, -0.2) is 0 Å². The third-order valence-electron chi connectivity index (χ3n) is 4.05. The number of ether oxygens (including phenoxy) is 1. The lowest BCUT2D eigenvalue weighted by Crippen LogP contribution is -2.34. The monoisotopic (exact) mass is 184 g/mol. The van der Waals surface area contributed by atoms with Crippen LogP contribution < -0.4 is 0 Å². The van der Waals surface area contributed by atoms with Gasteiger partial charge in [-0.3, -0.25) is 0 Å². The van der Waals surface area contributed by atoms with Crippen molar-refractivity contribution in [2.45, 2.75) is 77.4 Å². The van der Waals surface area contributed by atoms with Gasteiger partial charge in [-0.1, -0.05) is 27.7 Å². The molecule has 0 atom stereocenters. The molecule has 0 N–H and O–H groups in total. The van der Waals surface area contributed by atoms with Gasteiger partial charge in [0.25, 0.3) is 0 Å². The van der Waals surface area contributed by atoms with Crippen LogP contribution in [0.15, 0.2) is 0 Å². The maximum Gasteiger partial charge on any atom is 0.0686 e. The molecule has 0 aromatic rings. The molecule has 78 valence electrons. The molecule has 1 heteroatoms. The Bertz CT molecular complexity index is 137. The Labute approximate surface area is 82.9 Å². The highest BCUT2D eigenvalue weighted by molar-refractivity contribution is 4.94. The molecule has 1 saturated heterocycles. The van der Waals surface area contributed by atoms with Crippen LogP contribution in [0.25, 0.3) is 0 Å². The number of rotatable bonds is 4. The zero-order valence-corrected chi connectivity index (χ0v) is 9.65. The third kappa shape index (κ3) is 1.90. The lowest BCUT2D eigenvalue weighted by molar-refractivity contribution is -0.111. The summed E-state index contributed by atoms with van der Waals surface area (Å²) >= 11 is 0. The fourth-order valence-corrected chi connectivity index (χ4v) is 2.51. The van der Waals surface area contributed by atoms with E-state index in [4.69, 9.17) is 4.74 Å². The van der Waals surface area contributed by atoms with Gasteiger partial charge in [0.05, 0.1) is 11.2 Å². The van der Waals surface area contributed by atoms with Crippen molar-refractivity contribution in [2.75, 3.05) is 0 Å². The molecule has 1 fully saturated rings. The van der Waals surface area contributed by atoms with E-state index in [0.717, 1.165) is 0 Å². The van der Waals surface area contributed by atoms with Crippen LogP contribution in [0.2, 0.25) is 0 Å². The lowest BCUT2D eigenvalue weighted by atomic mass is 9.90. The van der Waals surface area contributed by atoms with Gasteiger partial charge >= 0.3 is 0 Å². The second-order valence-electron chi connectivity index (χ2n) is 4.38. The van der Waals surface area contributed by atoms with Crippen molar-refractivity contribution in [2.24, 2.45) is 0 Å². The Morgan fingerprint density at radius 1 is 0.769 bits per heavy atom. The van der Waals surface area contributed by atoms with Crippen LogP contribution in [0.3, 0.4) is 0 Å². The summed E-state index contributed by atoms with van der Waals surface area (Å²) in [5.41, 5.74) is 0.429. The standard InChI is InChI=1S/C12H24O/c1-5-11(6-2)9-10-12(7-3,8-4)13-11/h5-10H2,1-4H3. The first kappa shape index (κ1) is 11.0. The molecule has 0 aromatic carbocycles. The second-order valence-corrected chi connectivity index (χ2v) is 4.38. The highest BCUT2D eigenvalue weighted by Crippen LogP contribution is 2.45. The fraction of sp³-hybridized carbons (Fsp3) is 1.00. The van der Waals surface area contributed by atoms with Gasteiger partial charge in [0, 0.05) is 0 Å². The molecule has 0 aliphatic carbocycles. The van der Waals surface area contributed by atoms with Crippen molar-refractivity contribution in [3.63, 3.8) is 0 Å². The van der Waals surface area contributed by atoms with E-state index in [1.165, 1.54) is 38.5 Å². The average molecular weight is 184 g/mol. The smallest absolute Gasteiger partial charge is 0.0686 e. The molecule has 0 saturated carbocycles. The number of hydrogen-bond acceptors (Lipinski definition) is 1. The first-order chi connectivity index (χ1) is 6.16. The van der Waals surface area contributed by atoms with Crippen molar-refractivity contribution in [1.82, 2.24) is 0 Å². The normalized spacial score (nSPS) is 24.9. The topological polar surface area (TPSA) is 9.23 Å². The first-order valence-electron chi connectivity index (χ1n) is 5.86. The predicted molar refractivity (Wildman–Crippen MR) is 56.9 cm³/mol. The SMILES string of the molecule is CCC1(CC)CCC(CC)(CC)O1. The molecule has 1 aliphatic rings. The van der Waals surface area contributed by atoms with Crippen molar-refractivity contribution in [3.8, 4) is 0 Å². The van der Waals surface area contributed by atoms with Gasteiger partial charge in [0.15, 0.2) is 0 Å². The summed E-state index contributed by atoms with van der Waals surface area (Å²) in [6, 6.07) is 0. The van der Waals surface area contributed by atoms with Crippen LogP contribution in [0, 0.1) is 0 Å². The van der Waals surface area contributed by atoms with Gasteiger partial charge in [-0.05, 0) is 38.5 Å². The molecule has 0 radical (unpaired) electrons. The zero-order chi connectivity index (χ0) is 9.95. The molecule has 1 nitrogen and oxygen atoms in total. The molecule has 0 unspecified atom stereocenters. The summed E-state index contributed by atoms with van der Waals surface area (Å²) < 4.78 is 6.33. The molecule has 0 aromatic heterocycles. The van der Waals surface area contributed by atoms with Gasteiger partial charge < -0.3 is 4.74 Å². The van der Waals surface area contributed by atoms with Crippen LogP contribution in [-0.2, 0) is 4.74 Å². The Kier molecular flexibility index (Phi) is 3.39. The van der Waals surface area contributed by atoms with Gasteiger partial charge in [-0.15, -0.1) is 0 Å². The highest BCUT2D eigenvalue weighted by atomic mass is 16.5. The molecule has 0 bridgehead atoms. The Morgan fingerprint density at radius 3 is 1.23 bits per heavy atom. The van der Waals surface area contributed by atoms with E-state index in [0.29, 0.717) is 0 Å². The van der Waals surface area contributed by atoms with Crippen LogP contribution in [-0.4, -0.2) is 11.2 Å². The van der Waals surface area contributed by atoms with Crippen LogP contribution in [0.5, 0.6) is 0 Å². The highest BCUT2D eigenvalue weighted by Gasteiger charge is 2.44. The fourth-order valence-electron chi connectivity index (χ4n) is 2.51. The van der Waals surface area contributed by atoms with E-state index in [1.807, 2.05) is 0 Å². The minimum absolute atomic E-state index is 0.214. The van der Waals surface area contributed by atoms with Crippen molar-refractivity contribution in [1.29, 1.82) is 0 Å². The third-order valence-corrected chi connectivity index (χ3v) is 4.05. The predicted octanol–water partition coefficient (Wildman–Crippen LogP) is 3.91. The summed E-state index contributed by atoms with van der Waals surface area (Å²) in [6.45, 7) is 9.02. The van der Waals surface area contributed by atoms with Crippen molar-refractivity contribution >= 4 is 0 Å². The quantitative estimate of drug-likeness (QED) is 0.643. The van der Waals surface area contributed by atoms with E-state index in [2.05, 4.69) is 27.7 Å². The minimum Gasteiger partial charge on any atom is -0.369 e. The van der Waals surface area contributed by atoms with Gasteiger partial charge in [-0.2, -0.15) is 0 Å². The molecule has 0 spiro atoms. The second kappa shape index (κ2) is 4.00. The Hall–Kier alpha value is -0.0400. The lowest BCUT2D eigenvalue weighted by Gasteiger charge is -2.33. The maximum absolute atomic E-state index is 6.33. The molecule has 1 aliphatic heterocycles. The molecule has 0 amide bonds. The number of hydrogen-bond donors (Lipinski definition) is 0. The Morgan fingerprint density at radius 2 is 1.08 bits per heavy atom. The molecular weight excluding hydrogens is 160 g/mol. The molecule has 1 heterocycles. The van der Waals surface area contributed by atoms with Crippen LogP contribution in [0.4, 0.5) is 0 Å². The first-order valence-corrected chi connectivity index (χ1v) is 5.86. The van der Waals surface area contributed by atoms with Gasteiger partial charge in [0.1, 0.15) is 0 Å². The van der Waals surface area contributed by atoms with Crippen molar-refractivity contribution in [3.05, 3.63) is 0 Å². The van der Waals surface area contributed by atoms with Crippen LogP contribution in [0.1, 0.15) is 66.2 Å². The molecule has 13 heavy (non-hydrogen) atoms.